The van der Waals surface area contributed by atoms with Gasteiger partial charge in [-0.05, 0) is 74.4 Å². The lowest BCUT2D eigenvalue weighted by Gasteiger charge is -2.16. The average Bonchev–Trinajstić information content (AvgIpc) is 2.77. The second-order valence-electron chi connectivity index (χ2n) is 7.31. The molecule has 2 aromatic carbocycles. The molecule has 0 aliphatic heterocycles. The maximum Gasteiger partial charge on any atom is 0.266 e. The van der Waals surface area contributed by atoms with Crippen LogP contribution in [-0.2, 0) is 11.3 Å². The van der Waals surface area contributed by atoms with E-state index in [0.717, 1.165) is 16.9 Å². The highest BCUT2D eigenvalue weighted by atomic mass is 16.5. The summed E-state index contributed by atoms with van der Waals surface area (Å²) in [5, 5.41) is 7.20. The molecule has 1 aromatic heterocycles. The highest BCUT2D eigenvalue weighted by Gasteiger charge is 2.14. The number of methoxy groups -OCH3 is 1. The number of hydrogen-bond acceptors (Lipinski definition) is 5. The van der Waals surface area contributed by atoms with E-state index >= 15 is 0 Å². The van der Waals surface area contributed by atoms with Gasteiger partial charge < -0.3 is 14.8 Å². The summed E-state index contributed by atoms with van der Waals surface area (Å²) in [6.45, 7) is 6.23. The molecule has 0 aliphatic rings. The highest BCUT2D eigenvalue weighted by molar-refractivity contribution is 5.80. The molecule has 0 fully saturated rings. The van der Waals surface area contributed by atoms with Gasteiger partial charge in [-0.25, -0.2) is 4.68 Å². The molecule has 1 unspecified atom stereocenters. The van der Waals surface area contributed by atoms with Crippen molar-refractivity contribution < 1.29 is 14.3 Å². The number of carbonyl (C=O) groups excluding carboxylic acids is 1. The predicted octanol–water partition coefficient (Wildman–Crippen LogP) is 3.12. The molecule has 3 rings (SSSR count). The molecule has 0 radical (unpaired) electrons. The first kappa shape index (κ1) is 22.1. The minimum Gasteiger partial charge on any atom is -0.497 e. The van der Waals surface area contributed by atoms with Crippen LogP contribution in [0.1, 0.15) is 18.1 Å². The number of benzene rings is 2. The number of aryl methyl sites for hydroxylation is 2. The Bertz CT molecular complexity index is 1110. The van der Waals surface area contributed by atoms with E-state index in [4.69, 9.17) is 9.47 Å². The van der Waals surface area contributed by atoms with E-state index in [2.05, 4.69) is 10.4 Å². The van der Waals surface area contributed by atoms with Gasteiger partial charge >= 0.3 is 0 Å². The fourth-order valence-electron chi connectivity index (χ4n) is 3.00. The molecule has 7 nitrogen and oxygen atoms in total. The maximum atomic E-state index is 12.4. The third kappa shape index (κ3) is 5.72. The van der Waals surface area contributed by atoms with Crippen molar-refractivity contribution in [3.8, 4) is 22.8 Å². The summed E-state index contributed by atoms with van der Waals surface area (Å²) in [5.41, 5.74) is 3.58. The summed E-state index contributed by atoms with van der Waals surface area (Å²) in [6.07, 6.45) is -0.655. The van der Waals surface area contributed by atoms with Crippen LogP contribution in [0.5, 0.6) is 11.5 Å². The smallest absolute Gasteiger partial charge is 0.266 e. The van der Waals surface area contributed by atoms with Crippen molar-refractivity contribution in [2.45, 2.75) is 33.4 Å². The third-order valence-electron chi connectivity index (χ3n) is 5.04. The first-order valence-electron chi connectivity index (χ1n) is 10.1. The lowest BCUT2D eigenvalue weighted by Crippen LogP contribution is -2.39. The summed E-state index contributed by atoms with van der Waals surface area (Å²) >= 11 is 0. The van der Waals surface area contributed by atoms with Crippen LogP contribution in [0.2, 0.25) is 0 Å². The van der Waals surface area contributed by atoms with Crippen LogP contribution in [0.15, 0.2) is 59.4 Å². The molecular formula is C24H27N3O4. The predicted molar refractivity (Wildman–Crippen MR) is 120 cm³/mol. The van der Waals surface area contributed by atoms with Gasteiger partial charge in [-0.1, -0.05) is 6.07 Å². The molecule has 7 heteroatoms. The lowest BCUT2D eigenvalue weighted by molar-refractivity contribution is -0.127. The van der Waals surface area contributed by atoms with E-state index < -0.39 is 6.10 Å². The summed E-state index contributed by atoms with van der Waals surface area (Å²) in [7, 11) is 1.61. The van der Waals surface area contributed by atoms with E-state index in [1.54, 1.807) is 20.1 Å². The number of hydrogen-bond donors (Lipinski definition) is 1. The first-order valence-corrected chi connectivity index (χ1v) is 10.1. The van der Waals surface area contributed by atoms with Crippen molar-refractivity contribution in [3.05, 3.63) is 76.1 Å². The van der Waals surface area contributed by atoms with Gasteiger partial charge in [-0.2, -0.15) is 5.10 Å². The van der Waals surface area contributed by atoms with E-state index in [9.17, 15) is 9.59 Å². The van der Waals surface area contributed by atoms with Gasteiger partial charge in [-0.3, -0.25) is 9.59 Å². The molecule has 3 aromatic rings. The number of ether oxygens (including phenoxy) is 2. The topological polar surface area (TPSA) is 82.5 Å². The molecule has 0 aliphatic carbocycles. The van der Waals surface area contributed by atoms with Crippen LogP contribution in [0, 0.1) is 13.8 Å². The van der Waals surface area contributed by atoms with Crippen LogP contribution < -0.4 is 20.3 Å². The van der Waals surface area contributed by atoms with Gasteiger partial charge in [0.15, 0.2) is 6.10 Å². The van der Waals surface area contributed by atoms with Crippen LogP contribution in [-0.4, -0.2) is 35.4 Å². The van der Waals surface area contributed by atoms with Gasteiger partial charge in [0.25, 0.3) is 11.5 Å². The molecule has 1 amide bonds. The molecule has 31 heavy (non-hydrogen) atoms. The summed E-state index contributed by atoms with van der Waals surface area (Å²) in [6, 6.07) is 16.3. The number of carbonyl (C=O) groups is 1. The summed E-state index contributed by atoms with van der Waals surface area (Å²) in [4.78, 5) is 24.5. The monoisotopic (exact) mass is 421 g/mol. The lowest BCUT2D eigenvalue weighted by atomic mass is 10.1. The SMILES string of the molecule is COc1ccc(-c2ccc(=O)n(CCNC(=O)C(C)Oc3ccc(C)c(C)c3)n2)cc1. The summed E-state index contributed by atoms with van der Waals surface area (Å²) in [5.74, 6) is 1.14. The van der Waals surface area contributed by atoms with Gasteiger partial charge in [0, 0.05) is 18.2 Å². The Kier molecular flexibility index (Phi) is 7.07. The third-order valence-corrected chi connectivity index (χ3v) is 5.04. The first-order chi connectivity index (χ1) is 14.9. The maximum absolute atomic E-state index is 12.4. The highest BCUT2D eigenvalue weighted by Crippen LogP contribution is 2.20. The minimum atomic E-state index is -0.655. The van der Waals surface area contributed by atoms with E-state index in [1.807, 2.05) is 56.3 Å². The Labute approximate surface area is 181 Å². The normalized spacial score (nSPS) is 11.6. The van der Waals surface area contributed by atoms with Gasteiger partial charge in [0.1, 0.15) is 11.5 Å². The Hall–Kier alpha value is -3.61. The molecule has 1 N–H and O–H groups in total. The van der Waals surface area contributed by atoms with Crippen molar-refractivity contribution >= 4 is 5.91 Å². The number of nitrogens with zero attached hydrogens (tertiary/aromatic N) is 2. The van der Waals surface area contributed by atoms with E-state index in [1.165, 1.54) is 16.3 Å². The quantitative estimate of drug-likeness (QED) is 0.604. The van der Waals surface area contributed by atoms with Crippen LogP contribution in [0.4, 0.5) is 0 Å². The van der Waals surface area contributed by atoms with Crippen LogP contribution in [0.3, 0.4) is 0 Å². The number of amides is 1. The molecule has 162 valence electrons. The Morgan fingerprint density at radius 1 is 1.03 bits per heavy atom. The zero-order valence-corrected chi connectivity index (χ0v) is 18.2. The van der Waals surface area contributed by atoms with E-state index in [0.29, 0.717) is 11.4 Å². The van der Waals surface area contributed by atoms with Crippen molar-refractivity contribution in [1.82, 2.24) is 15.1 Å². The van der Waals surface area contributed by atoms with Gasteiger partial charge in [0.2, 0.25) is 0 Å². The van der Waals surface area contributed by atoms with Crippen molar-refractivity contribution in [2.75, 3.05) is 13.7 Å². The zero-order chi connectivity index (χ0) is 22.4. The standard InChI is InChI=1S/C24H27N3O4/c1-16-5-8-21(15-17(16)2)31-18(3)24(29)25-13-14-27-23(28)12-11-22(26-27)19-6-9-20(30-4)10-7-19/h5-12,15,18H,13-14H2,1-4H3,(H,25,29). The summed E-state index contributed by atoms with van der Waals surface area (Å²) < 4.78 is 12.2. The number of aromatic nitrogens is 2. The Morgan fingerprint density at radius 2 is 1.74 bits per heavy atom. The molecule has 0 bridgehead atoms. The van der Waals surface area contributed by atoms with Crippen LogP contribution >= 0.6 is 0 Å². The fourth-order valence-corrected chi connectivity index (χ4v) is 3.00. The number of rotatable bonds is 8. The fraction of sp³-hybridized carbons (Fsp3) is 0.292. The molecule has 0 saturated heterocycles. The van der Waals surface area contributed by atoms with E-state index in [-0.39, 0.29) is 24.6 Å². The van der Waals surface area contributed by atoms with Crippen molar-refractivity contribution in [1.29, 1.82) is 0 Å². The molecule has 0 saturated carbocycles. The molecule has 1 heterocycles. The van der Waals surface area contributed by atoms with Gasteiger partial charge in [-0.15, -0.1) is 0 Å². The molecule has 1 atom stereocenters. The Balaban J connectivity index is 1.58. The molecule has 0 spiro atoms. The largest absolute Gasteiger partial charge is 0.497 e. The second-order valence-corrected chi connectivity index (χ2v) is 7.31. The van der Waals surface area contributed by atoms with Gasteiger partial charge in [0.05, 0.1) is 19.3 Å². The molecular weight excluding hydrogens is 394 g/mol. The van der Waals surface area contributed by atoms with Crippen molar-refractivity contribution in [3.63, 3.8) is 0 Å². The average molecular weight is 421 g/mol. The van der Waals surface area contributed by atoms with Crippen molar-refractivity contribution in [2.24, 2.45) is 0 Å². The number of nitrogens with one attached hydrogen (secondary N) is 1. The zero-order valence-electron chi connectivity index (χ0n) is 18.2. The second kappa shape index (κ2) is 9.93. The minimum absolute atomic E-state index is 0.231. The van der Waals surface area contributed by atoms with Crippen LogP contribution in [0.25, 0.3) is 11.3 Å². The Morgan fingerprint density at radius 3 is 2.42 bits per heavy atom.